The topological polar surface area (TPSA) is 49.9 Å². The van der Waals surface area contributed by atoms with Gasteiger partial charge < -0.3 is 10.1 Å². The Labute approximate surface area is 83.0 Å². The Morgan fingerprint density at radius 3 is 3.21 bits per heavy atom. The average molecular weight is 193 g/mol. The molecule has 14 heavy (non-hydrogen) atoms. The van der Waals surface area contributed by atoms with Crippen molar-refractivity contribution in [2.24, 2.45) is 0 Å². The second-order valence-corrected chi connectivity index (χ2v) is 4.00. The molecular weight excluding hydrogens is 178 g/mol. The number of morpholine rings is 1. The molecule has 1 aromatic rings. The molecule has 1 unspecified atom stereocenters. The minimum absolute atomic E-state index is 0.307. The first-order chi connectivity index (χ1) is 6.95. The van der Waals surface area contributed by atoms with Crippen molar-refractivity contribution in [2.75, 3.05) is 19.8 Å². The lowest BCUT2D eigenvalue weighted by Crippen LogP contribution is -2.35. The van der Waals surface area contributed by atoms with Gasteiger partial charge in [-0.1, -0.05) is 0 Å². The summed E-state index contributed by atoms with van der Waals surface area (Å²) in [6.07, 6.45) is 3.61. The molecule has 4 heteroatoms. The molecule has 4 nitrogen and oxygen atoms in total. The fourth-order valence-corrected chi connectivity index (χ4v) is 2.37. The van der Waals surface area contributed by atoms with E-state index in [4.69, 9.17) is 4.74 Å². The van der Waals surface area contributed by atoms with Gasteiger partial charge in [-0.2, -0.15) is 5.10 Å². The number of hydrogen-bond donors (Lipinski definition) is 2. The van der Waals surface area contributed by atoms with E-state index in [0.29, 0.717) is 6.04 Å². The van der Waals surface area contributed by atoms with E-state index in [9.17, 15) is 0 Å². The predicted molar refractivity (Wildman–Crippen MR) is 52.2 cm³/mol. The quantitative estimate of drug-likeness (QED) is 0.685. The minimum atomic E-state index is 0.307. The summed E-state index contributed by atoms with van der Waals surface area (Å²) < 4.78 is 5.45. The van der Waals surface area contributed by atoms with Crippen molar-refractivity contribution in [1.29, 1.82) is 0 Å². The zero-order valence-corrected chi connectivity index (χ0v) is 8.18. The van der Waals surface area contributed by atoms with Gasteiger partial charge in [0.2, 0.25) is 0 Å². The van der Waals surface area contributed by atoms with Crippen LogP contribution in [0.15, 0.2) is 0 Å². The molecule has 76 valence electrons. The monoisotopic (exact) mass is 193 g/mol. The summed E-state index contributed by atoms with van der Waals surface area (Å²) in [6.45, 7) is 2.52. The van der Waals surface area contributed by atoms with Crippen molar-refractivity contribution in [1.82, 2.24) is 15.5 Å². The third-order valence-electron chi connectivity index (χ3n) is 3.09. The van der Waals surface area contributed by atoms with Gasteiger partial charge in [-0.25, -0.2) is 0 Å². The van der Waals surface area contributed by atoms with Crippen molar-refractivity contribution >= 4 is 0 Å². The lowest BCUT2D eigenvalue weighted by Gasteiger charge is -2.22. The number of nitrogens with one attached hydrogen (secondary N) is 2. The van der Waals surface area contributed by atoms with Crippen LogP contribution in [0, 0.1) is 0 Å². The second-order valence-electron chi connectivity index (χ2n) is 4.00. The zero-order valence-electron chi connectivity index (χ0n) is 8.18. The van der Waals surface area contributed by atoms with Gasteiger partial charge in [0, 0.05) is 12.2 Å². The van der Waals surface area contributed by atoms with E-state index < -0.39 is 0 Å². The maximum atomic E-state index is 5.45. The molecule has 1 saturated heterocycles. The van der Waals surface area contributed by atoms with Crippen LogP contribution in [0.25, 0.3) is 0 Å². The highest BCUT2D eigenvalue weighted by Crippen LogP contribution is 2.27. The van der Waals surface area contributed by atoms with Crippen LogP contribution in [0.5, 0.6) is 0 Å². The van der Waals surface area contributed by atoms with E-state index in [1.165, 1.54) is 29.8 Å². The normalized spacial score (nSPS) is 26.4. The van der Waals surface area contributed by atoms with Crippen LogP contribution < -0.4 is 5.32 Å². The summed E-state index contributed by atoms with van der Waals surface area (Å²) in [6, 6.07) is 0.307. The molecule has 2 aliphatic rings. The SMILES string of the molecule is C1Cc2[nH]nc(C3COCCN3)c2C1. The first-order valence-corrected chi connectivity index (χ1v) is 5.32. The summed E-state index contributed by atoms with van der Waals surface area (Å²) in [5, 5.41) is 11.0. The van der Waals surface area contributed by atoms with E-state index in [1.54, 1.807) is 0 Å². The molecule has 2 N–H and O–H groups in total. The molecular formula is C10H15N3O. The van der Waals surface area contributed by atoms with Gasteiger partial charge in [-0.3, -0.25) is 5.10 Å². The molecule has 0 radical (unpaired) electrons. The molecule has 1 aliphatic heterocycles. The van der Waals surface area contributed by atoms with Crippen molar-refractivity contribution in [2.45, 2.75) is 25.3 Å². The number of H-pyrrole nitrogens is 1. The molecule has 0 saturated carbocycles. The number of aromatic nitrogens is 2. The average Bonchev–Trinajstić information content (AvgIpc) is 2.79. The molecule has 0 aromatic carbocycles. The number of fused-ring (bicyclic) bond motifs is 1. The van der Waals surface area contributed by atoms with Crippen LogP contribution in [0.2, 0.25) is 0 Å². The van der Waals surface area contributed by atoms with E-state index in [2.05, 4.69) is 15.5 Å². The summed E-state index contributed by atoms with van der Waals surface area (Å²) in [5.41, 5.74) is 3.97. The first kappa shape index (κ1) is 8.44. The summed E-state index contributed by atoms with van der Waals surface area (Å²) in [7, 11) is 0. The molecule has 1 aromatic heterocycles. The molecule has 0 amide bonds. The summed E-state index contributed by atoms with van der Waals surface area (Å²) in [4.78, 5) is 0. The van der Waals surface area contributed by atoms with Crippen molar-refractivity contribution in [3.8, 4) is 0 Å². The Morgan fingerprint density at radius 2 is 2.36 bits per heavy atom. The van der Waals surface area contributed by atoms with Gasteiger partial charge in [0.25, 0.3) is 0 Å². The van der Waals surface area contributed by atoms with Crippen LogP contribution in [-0.4, -0.2) is 30.0 Å². The number of rotatable bonds is 1. The molecule has 1 atom stereocenters. The summed E-state index contributed by atoms with van der Waals surface area (Å²) in [5.74, 6) is 0. The fourth-order valence-electron chi connectivity index (χ4n) is 2.37. The first-order valence-electron chi connectivity index (χ1n) is 5.32. The number of nitrogens with zero attached hydrogens (tertiary/aromatic N) is 1. The van der Waals surface area contributed by atoms with E-state index in [1.807, 2.05) is 0 Å². The Bertz CT molecular complexity index is 328. The van der Waals surface area contributed by atoms with Gasteiger partial charge in [0.15, 0.2) is 0 Å². The molecule has 0 bridgehead atoms. The standard InChI is InChI=1S/C10H15N3O/c1-2-7-8(3-1)12-13-10(7)9-6-14-5-4-11-9/h9,11H,1-6H2,(H,12,13). The van der Waals surface area contributed by atoms with Crippen LogP contribution >= 0.6 is 0 Å². The van der Waals surface area contributed by atoms with E-state index in [-0.39, 0.29) is 0 Å². The number of aryl methyl sites for hydroxylation is 1. The van der Waals surface area contributed by atoms with Crippen molar-refractivity contribution in [3.05, 3.63) is 17.0 Å². The minimum Gasteiger partial charge on any atom is -0.378 e. The number of hydrogen-bond acceptors (Lipinski definition) is 3. The predicted octanol–water partition coefficient (Wildman–Crippen LogP) is 0.559. The van der Waals surface area contributed by atoms with Gasteiger partial charge in [0.1, 0.15) is 0 Å². The van der Waals surface area contributed by atoms with Gasteiger partial charge in [-0.05, 0) is 24.8 Å². The number of ether oxygens (including phenoxy) is 1. The van der Waals surface area contributed by atoms with Crippen LogP contribution in [0.3, 0.4) is 0 Å². The van der Waals surface area contributed by atoms with Gasteiger partial charge >= 0.3 is 0 Å². The van der Waals surface area contributed by atoms with Gasteiger partial charge in [-0.15, -0.1) is 0 Å². The molecule has 1 fully saturated rings. The third-order valence-corrected chi connectivity index (χ3v) is 3.09. The molecule has 0 spiro atoms. The highest BCUT2D eigenvalue weighted by atomic mass is 16.5. The van der Waals surface area contributed by atoms with Gasteiger partial charge in [0.05, 0.1) is 24.9 Å². The van der Waals surface area contributed by atoms with E-state index >= 15 is 0 Å². The second kappa shape index (κ2) is 3.37. The Balaban J connectivity index is 1.88. The van der Waals surface area contributed by atoms with Crippen LogP contribution in [0.4, 0.5) is 0 Å². The maximum absolute atomic E-state index is 5.45. The lowest BCUT2D eigenvalue weighted by molar-refractivity contribution is 0.0753. The zero-order chi connectivity index (χ0) is 9.38. The van der Waals surface area contributed by atoms with Crippen molar-refractivity contribution < 1.29 is 4.74 Å². The lowest BCUT2D eigenvalue weighted by atomic mass is 10.1. The molecule has 1 aliphatic carbocycles. The fraction of sp³-hybridized carbons (Fsp3) is 0.700. The summed E-state index contributed by atoms with van der Waals surface area (Å²) >= 11 is 0. The smallest absolute Gasteiger partial charge is 0.0849 e. The third kappa shape index (κ3) is 1.26. The maximum Gasteiger partial charge on any atom is 0.0849 e. The largest absolute Gasteiger partial charge is 0.378 e. The molecule has 2 heterocycles. The highest BCUT2D eigenvalue weighted by Gasteiger charge is 2.25. The Kier molecular flexibility index (Phi) is 2.03. The Morgan fingerprint density at radius 1 is 1.36 bits per heavy atom. The van der Waals surface area contributed by atoms with E-state index in [0.717, 1.165) is 26.2 Å². The molecule has 3 rings (SSSR count). The highest BCUT2D eigenvalue weighted by molar-refractivity contribution is 5.31. The van der Waals surface area contributed by atoms with Crippen molar-refractivity contribution in [3.63, 3.8) is 0 Å². The number of aromatic amines is 1. The van der Waals surface area contributed by atoms with Crippen LogP contribution in [-0.2, 0) is 17.6 Å². The Hall–Kier alpha value is -0.870. The van der Waals surface area contributed by atoms with Crippen LogP contribution in [0.1, 0.15) is 29.4 Å².